The van der Waals surface area contributed by atoms with Crippen molar-refractivity contribution in [3.05, 3.63) is 47.7 Å². The van der Waals surface area contributed by atoms with E-state index in [2.05, 4.69) is 55.0 Å². The monoisotopic (exact) mass is 342 g/mol. The summed E-state index contributed by atoms with van der Waals surface area (Å²) in [7, 11) is 1.99. The highest BCUT2D eigenvalue weighted by Gasteiger charge is 2.19. The van der Waals surface area contributed by atoms with Crippen molar-refractivity contribution in [3.8, 4) is 11.4 Å². The second-order valence-corrected chi connectivity index (χ2v) is 7.79. The molecule has 1 aromatic carbocycles. The third-order valence-electron chi connectivity index (χ3n) is 3.87. The van der Waals surface area contributed by atoms with E-state index in [-0.39, 0.29) is 5.41 Å². The van der Waals surface area contributed by atoms with Gasteiger partial charge in [0.25, 0.3) is 0 Å². The molecule has 2 heterocycles. The molecule has 0 N–H and O–H groups in total. The van der Waals surface area contributed by atoms with Gasteiger partial charge < -0.3 is 8.98 Å². The standard InChI is InChI=1S/C18H22N4OS/c1-12-8-6-7-9-13(12)16-20-21-17(22(16)5)24-11-15-19-14(10-23-15)18(2,3)4/h6-10H,11H2,1-5H3. The van der Waals surface area contributed by atoms with Crippen molar-refractivity contribution in [3.63, 3.8) is 0 Å². The molecule has 0 saturated heterocycles. The molecule has 0 atom stereocenters. The van der Waals surface area contributed by atoms with Crippen LogP contribution in [0.4, 0.5) is 0 Å². The Bertz CT molecular complexity index is 845. The van der Waals surface area contributed by atoms with Gasteiger partial charge in [0.1, 0.15) is 6.26 Å². The number of aryl methyl sites for hydroxylation is 1. The molecule has 24 heavy (non-hydrogen) atoms. The Kier molecular flexibility index (Phi) is 4.49. The zero-order chi connectivity index (χ0) is 17.3. The molecule has 0 unspecified atom stereocenters. The SMILES string of the molecule is Cc1ccccc1-c1nnc(SCc2nc(C(C)(C)C)co2)n1C. The summed E-state index contributed by atoms with van der Waals surface area (Å²) in [6.07, 6.45) is 1.74. The van der Waals surface area contributed by atoms with E-state index >= 15 is 0 Å². The molecule has 0 saturated carbocycles. The number of hydrogen-bond acceptors (Lipinski definition) is 5. The summed E-state index contributed by atoms with van der Waals surface area (Å²) in [4.78, 5) is 4.56. The lowest BCUT2D eigenvalue weighted by Crippen LogP contribution is -2.11. The van der Waals surface area contributed by atoms with Gasteiger partial charge in [-0.1, -0.05) is 56.8 Å². The molecule has 5 nitrogen and oxygen atoms in total. The van der Waals surface area contributed by atoms with E-state index in [1.54, 1.807) is 18.0 Å². The molecule has 0 bridgehead atoms. The van der Waals surface area contributed by atoms with Crippen LogP contribution >= 0.6 is 11.8 Å². The highest BCUT2D eigenvalue weighted by molar-refractivity contribution is 7.98. The molecular formula is C18H22N4OS. The summed E-state index contributed by atoms with van der Waals surface area (Å²) in [5, 5.41) is 9.51. The van der Waals surface area contributed by atoms with Gasteiger partial charge in [-0.3, -0.25) is 0 Å². The number of thioether (sulfide) groups is 1. The van der Waals surface area contributed by atoms with Gasteiger partial charge in [-0.25, -0.2) is 4.98 Å². The Morgan fingerprint density at radius 1 is 1.17 bits per heavy atom. The van der Waals surface area contributed by atoms with Gasteiger partial charge in [0, 0.05) is 18.0 Å². The predicted molar refractivity (Wildman–Crippen MR) is 95.9 cm³/mol. The minimum Gasteiger partial charge on any atom is -0.448 e. The number of benzene rings is 1. The summed E-state index contributed by atoms with van der Waals surface area (Å²) in [5.74, 6) is 2.22. The second-order valence-electron chi connectivity index (χ2n) is 6.85. The normalized spacial score (nSPS) is 11.9. The summed E-state index contributed by atoms with van der Waals surface area (Å²) >= 11 is 1.58. The fourth-order valence-electron chi connectivity index (χ4n) is 2.35. The lowest BCUT2D eigenvalue weighted by atomic mass is 9.93. The molecule has 0 amide bonds. The first kappa shape index (κ1) is 16.8. The maximum Gasteiger partial charge on any atom is 0.204 e. The number of hydrogen-bond donors (Lipinski definition) is 0. The van der Waals surface area contributed by atoms with E-state index in [1.165, 1.54) is 5.56 Å². The highest BCUT2D eigenvalue weighted by Crippen LogP contribution is 2.28. The Labute approximate surface area is 146 Å². The molecule has 126 valence electrons. The third-order valence-corrected chi connectivity index (χ3v) is 4.87. The van der Waals surface area contributed by atoms with Crippen molar-refractivity contribution in [1.29, 1.82) is 0 Å². The van der Waals surface area contributed by atoms with Gasteiger partial charge in [-0.15, -0.1) is 10.2 Å². The average molecular weight is 342 g/mol. The van der Waals surface area contributed by atoms with E-state index in [9.17, 15) is 0 Å². The molecule has 3 rings (SSSR count). The van der Waals surface area contributed by atoms with Crippen LogP contribution in [0, 0.1) is 6.92 Å². The Balaban J connectivity index is 1.76. The van der Waals surface area contributed by atoms with E-state index in [1.807, 2.05) is 23.7 Å². The van der Waals surface area contributed by atoms with Crippen LogP contribution in [0.3, 0.4) is 0 Å². The van der Waals surface area contributed by atoms with Crippen molar-refractivity contribution in [2.75, 3.05) is 0 Å². The van der Waals surface area contributed by atoms with Crippen molar-refractivity contribution >= 4 is 11.8 Å². The Morgan fingerprint density at radius 3 is 2.58 bits per heavy atom. The predicted octanol–water partition coefficient (Wildman–Crippen LogP) is 4.37. The minimum atomic E-state index is -0.00476. The van der Waals surface area contributed by atoms with Gasteiger partial charge in [0.2, 0.25) is 5.89 Å². The third kappa shape index (κ3) is 3.38. The maximum atomic E-state index is 5.57. The summed E-state index contributed by atoms with van der Waals surface area (Å²) in [6, 6.07) is 8.19. The second kappa shape index (κ2) is 6.43. The van der Waals surface area contributed by atoms with Gasteiger partial charge in [0.15, 0.2) is 11.0 Å². The van der Waals surface area contributed by atoms with Crippen LogP contribution < -0.4 is 0 Å². The molecule has 0 radical (unpaired) electrons. The van der Waals surface area contributed by atoms with Crippen LogP contribution in [0.5, 0.6) is 0 Å². The first-order valence-electron chi connectivity index (χ1n) is 7.89. The summed E-state index contributed by atoms with van der Waals surface area (Å²) in [6.45, 7) is 8.45. The van der Waals surface area contributed by atoms with Crippen LogP contribution in [-0.4, -0.2) is 19.7 Å². The molecule has 0 aliphatic rings. The first-order valence-corrected chi connectivity index (χ1v) is 8.88. The van der Waals surface area contributed by atoms with Crippen LogP contribution in [0.25, 0.3) is 11.4 Å². The minimum absolute atomic E-state index is 0.00476. The van der Waals surface area contributed by atoms with Crippen molar-refractivity contribution in [1.82, 2.24) is 19.7 Å². The molecule has 0 aliphatic carbocycles. The van der Waals surface area contributed by atoms with E-state index in [0.29, 0.717) is 11.6 Å². The quantitative estimate of drug-likeness (QED) is 0.659. The van der Waals surface area contributed by atoms with E-state index in [0.717, 1.165) is 22.2 Å². The fraction of sp³-hybridized carbons (Fsp3) is 0.389. The lowest BCUT2D eigenvalue weighted by molar-refractivity contribution is 0.510. The van der Waals surface area contributed by atoms with Gasteiger partial charge in [-0.2, -0.15) is 0 Å². The molecular weight excluding hydrogens is 320 g/mol. The van der Waals surface area contributed by atoms with E-state index < -0.39 is 0 Å². The first-order chi connectivity index (χ1) is 11.4. The summed E-state index contributed by atoms with van der Waals surface area (Å²) in [5.41, 5.74) is 3.25. The summed E-state index contributed by atoms with van der Waals surface area (Å²) < 4.78 is 7.59. The smallest absolute Gasteiger partial charge is 0.204 e. The average Bonchev–Trinajstić information content (AvgIpc) is 3.13. The number of oxazole rings is 1. The van der Waals surface area contributed by atoms with Crippen LogP contribution in [0.1, 0.15) is 37.9 Å². The lowest BCUT2D eigenvalue weighted by Gasteiger charge is -2.12. The molecule has 0 spiro atoms. The largest absolute Gasteiger partial charge is 0.448 e. The molecule has 6 heteroatoms. The number of rotatable bonds is 4. The van der Waals surface area contributed by atoms with E-state index in [4.69, 9.17) is 4.42 Å². The fourth-order valence-corrected chi connectivity index (χ4v) is 3.11. The molecule has 3 aromatic rings. The Morgan fingerprint density at radius 2 is 1.92 bits per heavy atom. The molecule has 2 aromatic heterocycles. The topological polar surface area (TPSA) is 56.7 Å². The molecule has 0 fully saturated rings. The van der Waals surface area contributed by atoms with Gasteiger partial charge >= 0.3 is 0 Å². The number of nitrogens with zero attached hydrogens (tertiary/aromatic N) is 4. The molecule has 0 aliphatic heterocycles. The maximum absolute atomic E-state index is 5.57. The number of aromatic nitrogens is 4. The van der Waals surface area contributed by atoms with Crippen molar-refractivity contribution < 1.29 is 4.42 Å². The van der Waals surface area contributed by atoms with Crippen LogP contribution in [0.15, 0.2) is 40.1 Å². The van der Waals surface area contributed by atoms with Gasteiger partial charge in [0.05, 0.1) is 11.4 Å². The highest BCUT2D eigenvalue weighted by atomic mass is 32.2. The zero-order valence-electron chi connectivity index (χ0n) is 14.7. The van der Waals surface area contributed by atoms with Gasteiger partial charge in [-0.05, 0) is 12.5 Å². The Hall–Kier alpha value is -2.08. The van der Waals surface area contributed by atoms with Crippen molar-refractivity contribution in [2.24, 2.45) is 7.05 Å². The van der Waals surface area contributed by atoms with Crippen molar-refractivity contribution in [2.45, 2.75) is 44.0 Å². The van der Waals surface area contributed by atoms with Crippen LogP contribution in [-0.2, 0) is 18.2 Å². The van der Waals surface area contributed by atoms with Crippen LogP contribution in [0.2, 0.25) is 0 Å². The zero-order valence-corrected chi connectivity index (χ0v) is 15.5.